The molecule has 5 rings (SSSR count). The third-order valence-corrected chi connectivity index (χ3v) is 6.65. The molecule has 160 valence electrons. The van der Waals surface area contributed by atoms with Gasteiger partial charge < -0.3 is 20.1 Å². The molecule has 0 bridgehead atoms. The topological polar surface area (TPSA) is 96.1 Å². The first-order valence-corrected chi connectivity index (χ1v) is 10.8. The minimum Gasteiger partial charge on any atom is -0.390 e. The molecule has 1 saturated carbocycles. The van der Waals surface area contributed by atoms with Crippen molar-refractivity contribution >= 4 is 27.8 Å². The summed E-state index contributed by atoms with van der Waals surface area (Å²) < 4.78 is 2.00. The van der Waals surface area contributed by atoms with Gasteiger partial charge in [0, 0.05) is 24.0 Å². The van der Waals surface area contributed by atoms with Crippen molar-refractivity contribution < 1.29 is 10.2 Å². The summed E-state index contributed by atoms with van der Waals surface area (Å²) >= 11 is 0. The Morgan fingerprint density at radius 2 is 1.94 bits per heavy atom. The van der Waals surface area contributed by atoms with E-state index >= 15 is 0 Å². The number of pyridine rings is 1. The Morgan fingerprint density at radius 1 is 1.10 bits per heavy atom. The van der Waals surface area contributed by atoms with Crippen LogP contribution in [-0.2, 0) is 6.42 Å². The van der Waals surface area contributed by atoms with Gasteiger partial charge in [0.05, 0.1) is 23.4 Å². The lowest BCUT2D eigenvalue weighted by Crippen LogP contribution is -2.29. The SMILES string of the molecule is CNc1ccc2ccc(CC[C@H]3C[C@@H](n4ccc5c(C)ncnc54)[C@H](O)[C@@H]3O)cc2n1. The molecule has 3 N–H and O–H groups in total. The molecule has 3 heterocycles. The molecule has 7 heteroatoms. The fourth-order valence-electron chi connectivity index (χ4n) is 4.84. The number of nitrogens with zero attached hydrogens (tertiary/aromatic N) is 4. The molecule has 0 amide bonds. The van der Waals surface area contributed by atoms with Crippen LogP contribution >= 0.6 is 0 Å². The number of nitrogens with one attached hydrogen (secondary N) is 1. The highest BCUT2D eigenvalue weighted by Gasteiger charge is 2.42. The van der Waals surface area contributed by atoms with E-state index in [1.54, 1.807) is 6.33 Å². The average molecular weight is 418 g/mol. The average Bonchev–Trinajstić information content (AvgIpc) is 3.34. The minimum absolute atomic E-state index is 0.0210. The van der Waals surface area contributed by atoms with Crippen LogP contribution in [0.2, 0.25) is 0 Å². The predicted octanol–water partition coefficient (Wildman–Crippen LogP) is 3.25. The van der Waals surface area contributed by atoms with E-state index in [-0.39, 0.29) is 12.0 Å². The zero-order chi connectivity index (χ0) is 21.5. The van der Waals surface area contributed by atoms with Crippen LogP contribution in [0.4, 0.5) is 5.82 Å². The van der Waals surface area contributed by atoms with Crippen molar-refractivity contribution in [3.8, 4) is 0 Å². The van der Waals surface area contributed by atoms with Gasteiger partial charge in [0.25, 0.3) is 0 Å². The Morgan fingerprint density at radius 3 is 2.77 bits per heavy atom. The van der Waals surface area contributed by atoms with E-state index in [4.69, 9.17) is 0 Å². The fraction of sp³-hybridized carbons (Fsp3) is 0.375. The lowest BCUT2D eigenvalue weighted by molar-refractivity contribution is 0.00545. The monoisotopic (exact) mass is 417 g/mol. The molecule has 0 radical (unpaired) electrons. The van der Waals surface area contributed by atoms with E-state index in [1.807, 2.05) is 36.9 Å². The first-order chi connectivity index (χ1) is 15.0. The van der Waals surface area contributed by atoms with Crippen LogP contribution in [0.15, 0.2) is 48.9 Å². The molecule has 7 nitrogen and oxygen atoms in total. The molecule has 1 aliphatic rings. The van der Waals surface area contributed by atoms with Crippen molar-refractivity contribution in [3.05, 3.63) is 60.2 Å². The second kappa shape index (κ2) is 7.90. The number of aromatic nitrogens is 4. The summed E-state index contributed by atoms with van der Waals surface area (Å²) in [5.41, 5.74) is 3.88. The smallest absolute Gasteiger partial charge is 0.143 e. The second-order valence-electron chi connectivity index (χ2n) is 8.48. The van der Waals surface area contributed by atoms with Crippen molar-refractivity contribution in [1.82, 2.24) is 19.5 Å². The highest BCUT2D eigenvalue weighted by molar-refractivity contribution is 5.81. The van der Waals surface area contributed by atoms with E-state index < -0.39 is 12.2 Å². The molecule has 0 unspecified atom stereocenters. The van der Waals surface area contributed by atoms with Crippen LogP contribution in [-0.4, -0.2) is 49.0 Å². The molecule has 0 spiro atoms. The number of aryl methyl sites for hydroxylation is 2. The first kappa shape index (κ1) is 19.9. The van der Waals surface area contributed by atoms with Crippen LogP contribution < -0.4 is 5.32 Å². The third-order valence-electron chi connectivity index (χ3n) is 6.65. The molecule has 0 saturated heterocycles. The summed E-state index contributed by atoms with van der Waals surface area (Å²) in [6.07, 6.45) is 4.29. The van der Waals surface area contributed by atoms with Crippen molar-refractivity contribution in [2.24, 2.45) is 5.92 Å². The quantitative estimate of drug-likeness (QED) is 0.461. The Balaban J connectivity index is 1.33. The van der Waals surface area contributed by atoms with Crippen molar-refractivity contribution in [1.29, 1.82) is 0 Å². The molecule has 31 heavy (non-hydrogen) atoms. The van der Waals surface area contributed by atoms with Crippen LogP contribution in [0.5, 0.6) is 0 Å². The third kappa shape index (κ3) is 3.54. The van der Waals surface area contributed by atoms with Gasteiger partial charge in [-0.05, 0) is 61.9 Å². The number of fused-ring (bicyclic) bond motifs is 2. The molecule has 4 aromatic rings. The minimum atomic E-state index is -0.813. The summed E-state index contributed by atoms with van der Waals surface area (Å²) in [5, 5.41) is 26.7. The van der Waals surface area contributed by atoms with E-state index in [0.29, 0.717) is 6.42 Å². The van der Waals surface area contributed by atoms with E-state index in [1.165, 1.54) is 5.56 Å². The summed E-state index contributed by atoms with van der Waals surface area (Å²) in [5.74, 6) is 0.868. The van der Waals surface area contributed by atoms with Crippen molar-refractivity contribution in [2.45, 2.75) is 44.4 Å². The maximum Gasteiger partial charge on any atom is 0.143 e. The number of hydrogen-bond donors (Lipinski definition) is 3. The zero-order valence-electron chi connectivity index (χ0n) is 17.7. The summed E-state index contributed by atoms with van der Waals surface area (Å²) in [4.78, 5) is 13.3. The Bertz CT molecular complexity index is 1240. The fourth-order valence-corrected chi connectivity index (χ4v) is 4.84. The largest absolute Gasteiger partial charge is 0.390 e. The first-order valence-electron chi connectivity index (χ1n) is 10.8. The van der Waals surface area contributed by atoms with Gasteiger partial charge in [-0.1, -0.05) is 12.1 Å². The Kier molecular flexibility index (Phi) is 5.08. The molecular weight excluding hydrogens is 390 g/mol. The van der Waals surface area contributed by atoms with E-state index in [0.717, 1.165) is 46.3 Å². The van der Waals surface area contributed by atoms with Gasteiger partial charge in [-0.25, -0.2) is 15.0 Å². The van der Waals surface area contributed by atoms with Crippen molar-refractivity contribution in [3.63, 3.8) is 0 Å². The van der Waals surface area contributed by atoms with Crippen LogP contribution in [0.25, 0.3) is 21.9 Å². The van der Waals surface area contributed by atoms with Gasteiger partial charge in [0.1, 0.15) is 23.9 Å². The summed E-state index contributed by atoms with van der Waals surface area (Å²) in [7, 11) is 1.86. The number of hydrogen-bond acceptors (Lipinski definition) is 6. The number of benzene rings is 1. The van der Waals surface area contributed by atoms with Gasteiger partial charge >= 0.3 is 0 Å². The highest BCUT2D eigenvalue weighted by atomic mass is 16.3. The Hall–Kier alpha value is -3.03. The van der Waals surface area contributed by atoms with Crippen molar-refractivity contribution in [2.75, 3.05) is 12.4 Å². The predicted molar refractivity (Wildman–Crippen MR) is 121 cm³/mol. The maximum atomic E-state index is 10.8. The lowest BCUT2D eigenvalue weighted by Gasteiger charge is -2.19. The Labute approximate surface area is 180 Å². The number of aliphatic hydroxyl groups is 2. The molecule has 1 aliphatic carbocycles. The van der Waals surface area contributed by atoms with Gasteiger partial charge in [-0.2, -0.15) is 0 Å². The number of rotatable bonds is 5. The summed E-state index contributed by atoms with van der Waals surface area (Å²) in [6.45, 7) is 1.95. The van der Waals surface area contributed by atoms with Gasteiger partial charge in [-0.15, -0.1) is 0 Å². The highest BCUT2D eigenvalue weighted by Crippen LogP contribution is 2.39. The maximum absolute atomic E-state index is 10.8. The number of aliphatic hydroxyl groups excluding tert-OH is 2. The molecule has 3 aromatic heterocycles. The van der Waals surface area contributed by atoms with Crippen LogP contribution in [0.1, 0.15) is 30.1 Å². The van der Waals surface area contributed by atoms with Gasteiger partial charge in [0.15, 0.2) is 0 Å². The van der Waals surface area contributed by atoms with Crippen LogP contribution in [0.3, 0.4) is 0 Å². The standard InChI is InChI=1S/C24H27N5O2/c1-14-18-9-10-29(24(18)27-13-26-14)20-12-17(22(30)23(20)31)6-4-15-3-5-16-7-8-21(25-2)28-19(16)11-15/h3,5,7-11,13,17,20,22-23,30-31H,4,6,12H2,1-2H3,(H,25,28)/t17-,20+,22+,23-/m0/s1. The second-order valence-corrected chi connectivity index (χ2v) is 8.48. The van der Waals surface area contributed by atoms with Crippen LogP contribution in [0, 0.1) is 12.8 Å². The normalized spacial score (nSPS) is 23.6. The van der Waals surface area contributed by atoms with E-state index in [2.05, 4.69) is 44.5 Å². The molecular formula is C24H27N5O2. The van der Waals surface area contributed by atoms with Gasteiger partial charge in [-0.3, -0.25) is 0 Å². The molecule has 0 aliphatic heterocycles. The number of anilines is 1. The van der Waals surface area contributed by atoms with E-state index in [9.17, 15) is 10.2 Å². The zero-order valence-corrected chi connectivity index (χ0v) is 17.7. The molecule has 4 atom stereocenters. The molecule has 1 aromatic carbocycles. The molecule has 1 fully saturated rings. The summed E-state index contributed by atoms with van der Waals surface area (Å²) in [6, 6.07) is 12.2. The van der Waals surface area contributed by atoms with Gasteiger partial charge in [0.2, 0.25) is 0 Å². The lowest BCUT2D eigenvalue weighted by atomic mass is 9.95.